The zero-order chi connectivity index (χ0) is 14.5. The van der Waals surface area contributed by atoms with Crippen LogP contribution in [0.3, 0.4) is 0 Å². The molecule has 1 atom stereocenters. The second-order valence-corrected chi connectivity index (χ2v) is 6.17. The number of thiophene rings is 1. The lowest BCUT2D eigenvalue weighted by Gasteiger charge is -2.14. The van der Waals surface area contributed by atoms with Crippen molar-refractivity contribution in [3.05, 3.63) is 44.6 Å². The molecular formula is C15H18BrNO2S. The number of ether oxygens (including phenoxy) is 2. The maximum absolute atomic E-state index is 6.32. The molecule has 0 saturated heterocycles. The topological polar surface area (TPSA) is 44.5 Å². The largest absolute Gasteiger partial charge is 0.496 e. The number of benzene rings is 1. The molecule has 0 saturated carbocycles. The van der Waals surface area contributed by atoms with Crippen LogP contribution < -0.4 is 15.2 Å². The predicted molar refractivity (Wildman–Crippen MR) is 86.8 cm³/mol. The standard InChI is InChI=1S/C15H18BrNO2S/c1-3-7-19-12-5-4-10(9-11(12)16)14(17)15-13(18-2)6-8-20-15/h4-6,8-9,14H,3,7,17H2,1-2H3. The molecule has 1 heterocycles. The van der Waals surface area contributed by atoms with Gasteiger partial charge in [0.15, 0.2) is 0 Å². The highest BCUT2D eigenvalue weighted by molar-refractivity contribution is 9.10. The molecule has 1 unspecified atom stereocenters. The zero-order valence-electron chi connectivity index (χ0n) is 11.6. The Kier molecular flexibility index (Phi) is 5.46. The highest BCUT2D eigenvalue weighted by Crippen LogP contribution is 2.35. The van der Waals surface area contributed by atoms with Gasteiger partial charge in [-0.25, -0.2) is 0 Å². The SMILES string of the molecule is CCCOc1ccc(C(N)c2sccc2OC)cc1Br. The molecule has 0 spiro atoms. The van der Waals surface area contributed by atoms with Crippen molar-refractivity contribution in [3.63, 3.8) is 0 Å². The van der Waals surface area contributed by atoms with E-state index < -0.39 is 0 Å². The number of halogens is 1. The number of nitrogens with two attached hydrogens (primary N) is 1. The summed E-state index contributed by atoms with van der Waals surface area (Å²) in [6, 6.07) is 7.71. The van der Waals surface area contributed by atoms with Crippen molar-refractivity contribution in [1.82, 2.24) is 0 Å². The molecule has 3 nitrogen and oxygen atoms in total. The molecular weight excluding hydrogens is 338 g/mol. The van der Waals surface area contributed by atoms with E-state index in [1.165, 1.54) is 0 Å². The summed E-state index contributed by atoms with van der Waals surface area (Å²) in [5.41, 5.74) is 7.35. The fourth-order valence-electron chi connectivity index (χ4n) is 1.90. The van der Waals surface area contributed by atoms with Crippen LogP contribution in [0.1, 0.15) is 29.8 Å². The van der Waals surface area contributed by atoms with E-state index in [1.54, 1.807) is 18.4 Å². The van der Waals surface area contributed by atoms with Crippen LogP contribution in [0, 0.1) is 0 Å². The van der Waals surface area contributed by atoms with Gasteiger partial charge in [0.05, 0.1) is 29.1 Å². The van der Waals surface area contributed by atoms with E-state index in [4.69, 9.17) is 15.2 Å². The molecule has 20 heavy (non-hydrogen) atoms. The fourth-order valence-corrected chi connectivity index (χ4v) is 3.29. The number of hydrogen-bond acceptors (Lipinski definition) is 4. The predicted octanol–water partition coefficient (Wildman–Crippen LogP) is 4.36. The lowest BCUT2D eigenvalue weighted by Crippen LogP contribution is -2.11. The van der Waals surface area contributed by atoms with Gasteiger partial charge in [0, 0.05) is 0 Å². The van der Waals surface area contributed by atoms with Crippen LogP contribution in [0.2, 0.25) is 0 Å². The van der Waals surface area contributed by atoms with Gasteiger partial charge in [0.2, 0.25) is 0 Å². The van der Waals surface area contributed by atoms with Crippen molar-refractivity contribution in [3.8, 4) is 11.5 Å². The monoisotopic (exact) mass is 355 g/mol. The Labute approximate surface area is 131 Å². The van der Waals surface area contributed by atoms with Crippen molar-refractivity contribution in [2.75, 3.05) is 13.7 Å². The molecule has 0 aliphatic heterocycles. The van der Waals surface area contributed by atoms with Crippen molar-refractivity contribution in [1.29, 1.82) is 0 Å². The smallest absolute Gasteiger partial charge is 0.134 e. The third kappa shape index (κ3) is 3.34. The Morgan fingerprint density at radius 3 is 2.75 bits per heavy atom. The molecule has 108 valence electrons. The van der Waals surface area contributed by atoms with E-state index in [-0.39, 0.29) is 6.04 Å². The summed E-state index contributed by atoms with van der Waals surface area (Å²) in [7, 11) is 1.66. The lowest BCUT2D eigenvalue weighted by atomic mass is 10.1. The van der Waals surface area contributed by atoms with Gasteiger partial charge >= 0.3 is 0 Å². The molecule has 0 amide bonds. The van der Waals surface area contributed by atoms with Gasteiger partial charge in [0.25, 0.3) is 0 Å². The minimum atomic E-state index is -0.193. The maximum atomic E-state index is 6.32. The third-order valence-corrected chi connectivity index (χ3v) is 4.54. The van der Waals surface area contributed by atoms with Gasteiger partial charge in [-0.3, -0.25) is 0 Å². The lowest BCUT2D eigenvalue weighted by molar-refractivity contribution is 0.315. The normalized spacial score (nSPS) is 12.2. The average Bonchev–Trinajstić information content (AvgIpc) is 2.93. The van der Waals surface area contributed by atoms with Crippen LogP contribution in [0.25, 0.3) is 0 Å². The average molecular weight is 356 g/mol. The summed E-state index contributed by atoms with van der Waals surface area (Å²) in [5, 5.41) is 1.99. The molecule has 0 aliphatic carbocycles. The Balaban J connectivity index is 2.23. The molecule has 2 aromatic rings. The number of hydrogen-bond donors (Lipinski definition) is 1. The van der Waals surface area contributed by atoms with E-state index in [9.17, 15) is 0 Å². The van der Waals surface area contributed by atoms with Crippen molar-refractivity contribution < 1.29 is 9.47 Å². The summed E-state index contributed by atoms with van der Waals surface area (Å²) in [4.78, 5) is 1.03. The van der Waals surface area contributed by atoms with Gasteiger partial charge in [0.1, 0.15) is 11.5 Å². The second kappa shape index (κ2) is 7.11. The van der Waals surface area contributed by atoms with Gasteiger partial charge in [-0.15, -0.1) is 11.3 Å². The minimum Gasteiger partial charge on any atom is -0.496 e. The van der Waals surface area contributed by atoms with E-state index in [2.05, 4.69) is 22.9 Å². The van der Waals surface area contributed by atoms with Gasteiger partial charge in [-0.2, -0.15) is 0 Å². The highest BCUT2D eigenvalue weighted by Gasteiger charge is 2.16. The summed E-state index contributed by atoms with van der Waals surface area (Å²) in [5.74, 6) is 1.69. The molecule has 1 aromatic heterocycles. The Hall–Kier alpha value is -1.04. The summed E-state index contributed by atoms with van der Waals surface area (Å²) in [6.07, 6.45) is 0.986. The molecule has 0 bridgehead atoms. The molecule has 0 fully saturated rings. The molecule has 1 aromatic carbocycles. The van der Waals surface area contributed by atoms with Crippen LogP contribution in [0.4, 0.5) is 0 Å². The van der Waals surface area contributed by atoms with Crippen LogP contribution >= 0.6 is 27.3 Å². The summed E-state index contributed by atoms with van der Waals surface area (Å²) >= 11 is 5.14. The van der Waals surface area contributed by atoms with Crippen molar-refractivity contribution in [2.45, 2.75) is 19.4 Å². The van der Waals surface area contributed by atoms with Crippen LogP contribution in [-0.4, -0.2) is 13.7 Å². The quantitative estimate of drug-likeness (QED) is 0.837. The van der Waals surface area contributed by atoms with Gasteiger partial charge < -0.3 is 15.2 Å². The van der Waals surface area contributed by atoms with E-state index in [1.807, 2.05) is 29.6 Å². The third-order valence-electron chi connectivity index (χ3n) is 2.94. The van der Waals surface area contributed by atoms with E-state index in [0.29, 0.717) is 6.61 Å². The van der Waals surface area contributed by atoms with E-state index in [0.717, 1.165) is 32.8 Å². The Morgan fingerprint density at radius 2 is 2.10 bits per heavy atom. The minimum absolute atomic E-state index is 0.193. The van der Waals surface area contributed by atoms with Crippen LogP contribution in [0.15, 0.2) is 34.1 Å². The van der Waals surface area contributed by atoms with Crippen molar-refractivity contribution in [2.24, 2.45) is 5.73 Å². The second-order valence-electron chi connectivity index (χ2n) is 4.37. The van der Waals surface area contributed by atoms with E-state index >= 15 is 0 Å². The molecule has 5 heteroatoms. The molecule has 2 N–H and O–H groups in total. The first-order valence-corrected chi connectivity index (χ1v) is 8.13. The Bertz CT molecular complexity index is 571. The van der Waals surface area contributed by atoms with Gasteiger partial charge in [-0.05, 0) is 51.5 Å². The summed E-state index contributed by atoms with van der Waals surface area (Å²) in [6.45, 7) is 2.80. The van der Waals surface area contributed by atoms with Crippen LogP contribution in [-0.2, 0) is 0 Å². The first kappa shape index (κ1) is 15.4. The molecule has 0 aliphatic rings. The molecule has 0 radical (unpaired) electrons. The zero-order valence-corrected chi connectivity index (χ0v) is 14.0. The number of rotatable bonds is 6. The maximum Gasteiger partial charge on any atom is 0.134 e. The molecule has 2 rings (SSSR count). The first-order valence-electron chi connectivity index (χ1n) is 6.46. The summed E-state index contributed by atoms with van der Waals surface area (Å²) < 4.78 is 11.9. The van der Waals surface area contributed by atoms with Gasteiger partial charge in [-0.1, -0.05) is 13.0 Å². The van der Waals surface area contributed by atoms with Crippen LogP contribution in [0.5, 0.6) is 11.5 Å². The van der Waals surface area contributed by atoms with Crippen molar-refractivity contribution >= 4 is 27.3 Å². The Morgan fingerprint density at radius 1 is 1.30 bits per heavy atom. The first-order chi connectivity index (χ1) is 9.67. The number of methoxy groups -OCH3 is 1. The fraction of sp³-hybridized carbons (Fsp3) is 0.333. The highest BCUT2D eigenvalue weighted by atomic mass is 79.9.